The molecule has 1 amide bonds. The minimum absolute atomic E-state index is 0.106. The molecule has 2 aromatic carbocycles. The van der Waals surface area contributed by atoms with Crippen LogP contribution in [0.4, 0.5) is 5.69 Å². The van der Waals surface area contributed by atoms with Crippen LogP contribution >= 0.6 is 0 Å². The number of hydrogen-bond donors (Lipinski definition) is 1. The van der Waals surface area contributed by atoms with Gasteiger partial charge in [0.25, 0.3) is 10.0 Å². The van der Waals surface area contributed by atoms with Crippen molar-refractivity contribution in [2.75, 3.05) is 24.5 Å². The summed E-state index contributed by atoms with van der Waals surface area (Å²) in [5.41, 5.74) is 2.83. The Kier molecular flexibility index (Phi) is 7.74. The molecule has 1 aliphatic rings. The van der Waals surface area contributed by atoms with Crippen LogP contribution in [0.15, 0.2) is 65.1 Å². The van der Waals surface area contributed by atoms with Gasteiger partial charge in [0, 0.05) is 6.54 Å². The highest BCUT2D eigenvalue weighted by atomic mass is 32.2. The number of aryl methyl sites for hydroxylation is 1. The first kappa shape index (κ1) is 22.9. The third kappa shape index (κ3) is 6.10. The minimum atomic E-state index is -3.93. The first-order valence-electron chi connectivity index (χ1n) is 10.6. The highest BCUT2D eigenvalue weighted by Crippen LogP contribution is 2.25. The van der Waals surface area contributed by atoms with E-state index in [1.807, 2.05) is 19.1 Å². The summed E-state index contributed by atoms with van der Waals surface area (Å²) in [5.74, 6) is 0.240. The van der Waals surface area contributed by atoms with E-state index < -0.39 is 10.0 Å². The summed E-state index contributed by atoms with van der Waals surface area (Å²) in [6, 6.07) is 13.3. The van der Waals surface area contributed by atoms with Crippen LogP contribution in [0.3, 0.4) is 0 Å². The van der Waals surface area contributed by atoms with Gasteiger partial charge in [-0.1, -0.05) is 29.3 Å². The molecule has 2 aromatic rings. The maximum absolute atomic E-state index is 13.4. The molecule has 1 N–H and O–H groups in total. The molecule has 166 valence electrons. The molecule has 0 bridgehead atoms. The zero-order valence-corrected chi connectivity index (χ0v) is 19.0. The second-order valence-electron chi connectivity index (χ2n) is 7.73. The number of benzene rings is 2. The monoisotopic (exact) mass is 442 g/mol. The van der Waals surface area contributed by atoms with Crippen molar-refractivity contribution < 1.29 is 17.9 Å². The summed E-state index contributed by atoms with van der Waals surface area (Å²) < 4.78 is 33.0. The van der Waals surface area contributed by atoms with Gasteiger partial charge < -0.3 is 10.1 Å². The Bertz CT molecular complexity index is 1010. The Morgan fingerprint density at radius 1 is 1.06 bits per heavy atom. The highest BCUT2D eigenvalue weighted by Gasteiger charge is 2.27. The summed E-state index contributed by atoms with van der Waals surface area (Å²) in [6.07, 6.45) is 7.66. The molecule has 0 atom stereocenters. The van der Waals surface area contributed by atoms with Crippen molar-refractivity contribution >= 4 is 21.6 Å². The number of rotatable bonds is 9. The summed E-state index contributed by atoms with van der Waals surface area (Å²) in [7, 11) is -2.40. The van der Waals surface area contributed by atoms with Crippen molar-refractivity contribution in [1.82, 2.24) is 5.32 Å². The van der Waals surface area contributed by atoms with Gasteiger partial charge in [0.05, 0.1) is 17.7 Å². The van der Waals surface area contributed by atoms with Gasteiger partial charge in [-0.3, -0.25) is 9.10 Å². The van der Waals surface area contributed by atoms with Crippen molar-refractivity contribution in [3.63, 3.8) is 0 Å². The van der Waals surface area contributed by atoms with Gasteiger partial charge in [-0.25, -0.2) is 8.42 Å². The van der Waals surface area contributed by atoms with E-state index in [0.29, 0.717) is 18.0 Å². The van der Waals surface area contributed by atoms with Crippen molar-refractivity contribution in [1.29, 1.82) is 0 Å². The lowest BCUT2D eigenvalue weighted by atomic mass is 9.97. The molecule has 0 spiro atoms. The molecule has 31 heavy (non-hydrogen) atoms. The van der Waals surface area contributed by atoms with E-state index in [1.54, 1.807) is 24.3 Å². The fourth-order valence-corrected chi connectivity index (χ4v) is 5.00. The topological polar surface area (TPSA) is 75.7 Å². The molecule has 0 aliphatic heterocycles. The van der Waals surface area contributed by atoms with Gasteiger partial charge in [0.2, 0.25) is 5.91 Å². The van der Waals surface area contributed by atoms with Crippen LogP contribution in [-0.2, 0) is 14.8 Å². The number of hydrogen-bond acceptors (Lipinski definition) is 4. The third-order valence-electron chi connectivity index (χ3n) is 5.41. The van der Waals surface area contributed by atoms with Crippen LogP contribution in [0.25, 0.3) is 0 Å². The van der Waals surface area contributed by atoms with Crippen LogP contribution < -0.4 is 14.4 Å². The molecule has 6 nitrogen and oxygen atoms in total. The largest absolute Gasteiger partial charge is 0.497 e. The lowest BCUT2D eigenvalue weighted by Crippen LogP contribution is -2.41. The molecule has 3 rings (SSSR count). The van der Waals surface area contributed by atoms with E-state index in [2.05, 4.69) is 11.4 Å². The lowest BCUT2D eigenvalue weighted by Gasteiger charge is -2.24. The Morgan fingerprint density at radius 3 is 2.39 bits per heavy atom. The number of carbonyl (C=O) groups is 1. The highest BCUT2D eigenvalue weighted by molar-refractivity contribution is 7.92. The maximum Gasteiger partial charge on any atom is 0.264 e. The lowest BCUT2D eigenvalue weighted by molar-refractivity contribution is -0.119. The summed E-state index contributed by atoms with van der Waals surface area (Å²) >= 11 is 0. The Labute approximate surface area is 185 Å². The number of allylic oxidation sites excluding steroid dienone is 1. The number of sulfonamides is 1. The molecule has 0 fully saturated rings. The summed E-state index contributed by atoms with van der Waals surface area (Å²) in [4.78, 5) is 12.8. The van der Waals surface area contributed by atoms with E-state index in [-0.39, 0.29) is 17.3 Å². The first-order valence-corrected chi connectivity index (χ1v) is 12.0. The van der Waals surface area contributed by atoms with E-state index in [9.17, 15) is 13.2 Å². The van der Waals surface area contributed by atoms with E-state index in [0.717, 1.165) is 29.1 Å². The van der Waals surface area contributed by atoms with E-state index in [4.69, 9.17) is 4.74 Å². The zero-order chi connectivity index (χ0) is 22.3. The van der Waals surface area contributed by atoms with Crippen molar-refractivity contribution in [3.8, 4) is 5.75 Å². The molecule has 0 heterocycles. The summed E-state index contributed by atoms with van der Waals surface area (Å²) in [6.45, 7) is 2.16. The Morgan fingerprint density at radius 2 is 1.77 bits per heavy atom. The van der Waals surface area contributed by atoms with Gasteiger partial charge in [0.1, 0.15) is 12.3 Å². The molecule has 0 aromatic heterocycles. The van der Waals surface area contributed by atoms with Crippen molar-refractivity contribution in [2.24, 2.45) is 0 Å². The molecule has 1 aliphatic carbocycles. The Hall–Kier alpha value is -2.80. The fraction of sp³-hybridized carbons (Fsp3) is 0.375. The van der Waals surface area contributed by atoms with Crippen LogP contribution in [0, 0.1) is 6.92 Å². The average molecular weight is 443 g/mol. The van der Waals surface area contributed by atoms with Crippen LogP contribution in [0.5, 0.6) is 5.75 Å². The number of ether oxygens (including phenoxy) is 1. The van der Waals surface area contributed by atoms with Crippen LogP contribution in [0.2, 0.25) is 0 Å². The quantitative estimate of drug-likeness (QED) is 0.591. The predicted octanol–water partition coefficient (Wildman–Crippen LogP) is 4.21. The molecule has 0 radical (unpaired) electrons. The minimum Gasteiger partial charge on any atom is -0.497 e. The number of methoxy groups -OCH3 is 1. The maximum atomic E-state index is 13.4. The van der Waals surface area contributed by atoms with Gasteiger partial charge in [0.15, 0.2) is 0 Å². The van der Waals surface area contributed by atoms with Gasteiger partial charge >= 0.3 is 0 Å². The predicted molar refractivity (Wildman–Crippen MR) is 123 cm³/mol. The van der Waals surface area contributed by atoms with Gasteiger partial charge in [-0.15, -0.1) is 0 Å². The van der Waals surface area contributed by atoms with Gasteiger partial charge in [-0.05, 0) is 75.4 Å². The van der Waals surface area contributed by atoms with Crippen LogP contribution in [0.1, 0.15) is 37.7 Å². The van der Waals surface area contributed by atoms with Crippen LogP contribution in [-0.4, -0.2) is 34.5 Å². The smallest absolute Gasteiger partial charge is 0.264 e. The second-order valence-corrected chi connectivity index (χ2v) is 9.59. The third-order valence-corrected chi connectivity index (χ3v) is 7.20. The van der Waals surface area contributed by atoms with Crippen molar-refractivity contribution in [2.45, 2.75) is 43.9 Å². The fourth-order valence-electron chi connectivity index (χ4n) is 3.58. The van der Waals surface area contributed by atoms with E-state index in [1.165, 1.54) is 37.7 Å². The number of amides is 1. The average Bonchev–Trinajstić information content (AvgIpc) is 2.79. The number of nitrogens with one attached hydrogen (secondary N) is 1. The molecular weight excluding hydrogens is 412 g/mol. The number of carbonyl (C=O) groups excluding carboxylic acids is 1. The SMILES string of the molecule is COc1ccc(S(=O)(=O)N(CC(=O)NCCC2=CCCCC2)c2ccc(C)cc2)cc1. The Balaban J connectivity index is 1.76. The molecule has 0 unspecified atom stereocenters. The molecule has 0 saturated carbocycles. The summed E-state index contributed by atoms with van der Waals surface area (Å²) in [5, 5.41) is 2.88. The second kappa shape index (κ2) is 10.5. The standard InChI is InChI=1S/C24H30N2O4S/c1-19-8-10-21(11-9-19)26(31(28,29)23-14-12-22(30-2)13-15-23)18-24(27)25-17-16-20-6-4-3-5-7-20/h6,8-15H,3-5,7,16-18H2,1-2H3,(H,25,27). The molecule has 7 heteroatoms. The van der Waals surface area contributed by atoms with E-state index >= 15 is 0 Å². The number of nitrogens with zero attached hydrogens (tertiary/aromatic N) is 1. The molecular formula is C24H30N2O4S. The normalized spacial score (nSPS) is 13.9. The van der Waals surface area contributed by atoms with Gasteiger partial charge in [-0.2, -0.15) is 0 Å². The van der Waals surface area contributed by atoms with Crippen molar-refractivity contribution in [3.05, 3.63) is 65.7 Å². The zero-order valence-electron chi connectivity index (χ0n) is 18.1. The number of anilines is 1. The molecule has 0 saturated heterocycles. The first-order chi connectivity index (χ1) is 14.9.